The molecule has 0 saturated heterocycles. The highest BCUT2D eigenvalue weighted by Crippen LogP contribution is 2.40. The quantitative estimate of drug-likeness (QED) is 0.558. The molecule has 136 valence electrons. The van der Waals surface area contributed by atoms with Gasteiger partial charge >= 0.3 is 5.92 Å². The molecule has 1 aliphatic carbocycles. The molecule has 0 unspecified atom stereocenters. The van der Waals surface area contributed by atoms with Crippen LogP contribution in [0.2, 0.25) is 0 Å². The Balaban J connectivity index is 1.58. The zero-order chi connectivity index (χ0) is 18.4. The van der Waals surface area contributed by atoms with Crippen LogP contribution in [0.15, 0.2) is 53.3 Å². The Kier molecular flexibility index (Phi) is 3.56. The molecule has 0 radical (unpaired) electrons. The SMILES string of the molecule is FC(F)(c1ccc2ncccc2c1)c1noc2ncc(NC3CCC3)cc12. The van der Waals surface area contributed by atoms with E-state index in [-0.39, 0.29) is 16.7 Å². The predicted molar refractivity (Wildman–Crippen MR) is 97.8 cm³/mol. The zero-order valence-corrected chi connectivity index (χ0v) is 14.3. The summed E-state index contributed by atoms with van der Waals surface area (Å²) < 4.78 is 35.6. The lowest BCUT2D eigenvalue weighted by Gasteiger charge is -2.27. The Labute approximate surface area is 153 Å². The summed E-state index contributed by atoms with van der Waals surface area (Å²) in [5.41, 5.74) is 0.887. The van der Waals surface area contributed by atoms with E-state index in [1.54, 1.807) is 36.7 Å². The molecule has 3 aromatic heterocycles. The van der Waals surface area contributed by atoms with Gasteiger partial charge in [-0.3, -0.25) is 4.98 Å². The molecule has 0 aliphatic heterocycles. The van der Waals surface area contributed by atoms with Crippen LogP contribution in [0.1, 0.15) is 30.5 Å². The number of rotatable bonds is 4. The van der Waals surface area contributed by atoms with Crippen molar-refractivity contribution in [2.45, 2.75) is 31.2 Å². The maximum Gasteiger partial charge on any atom is 0.319 e. The van der Waals surface area contributed by atoms with Crippen LogP contribution in [0.4, 0.5) is 14.5 Å². The van der Waals surface area contributed by atoms with E-state index < -0.39 is 11.6 Å². The van der Waals surface area contributed by atoms with Crippen LogP contribution >= 0.6 is 0 Å². The first-order valence-electron chi connectivity index (χ1n) is 8.87. The minimum absolute atomic E-state index is 0.103. The lowest BCUT2D eigenvalue weighted by Crippen LogP contribution is -2.27. The molecule has 7 heteroatoms. The maximum atomic E-state index is 15.3. The van der Waals surface area contributed by atoms with Crippen molar-refractivity contribution in [2.24, 2.45) is 0 Å². The molecule has 1 aromatic carbocycles. The highest BCUT2D eigenvalue weighted by atomic mass is 19.3. The molecule has 27 heavy (non-hydrogen) atoms. The van der Waals surface area contributed by atoms with Gasteiger partial charge in [-0.05, 0) is 43.5 Å². The van der Waals surface area contributed by atoms with Gasteiger partial charge in [0.15, 0.2) is 5.69 Å². The topological polar surface area (TPSA) is 63.8 Å². The van der Waals surface area contributed by atoms with Gasteiger partial charge in [-0.1, -0.05) is 17.3 Å². The Morgan fingerprint density at radius 2 is 2.00 bits per heavy atom. The van der Waals surface area contributed by atoms with Crippen LogP contribution in [0.5, 0.6) is 0 Å². The summed E-state index contributed by atoms with van der Waals surface area (Å²) in [5, 5.41) is 7.83. The van der Waals surface area contributed by atoms with E-state index in [1.165, 1.54) is 18.6 Å². The third-order valence-corrected chi connectivity index (χ3v) is 5.07. The number of alkyl halides is 2. The molecule has 0 atom stereocenters. The van der Waals surface area contributed by atoms with Crippen molar-refractivity contribution >= 4 is 27.7 Å². The summed E-state index contributed by atoms with van der Waals surface area (Å²) in [6, 6.07) is 9.89. The summed E-state index contributed by atoms with van der Waals surface area (Å²) in [7, 11) is 0. The predicted octanol–water partition coefficient (Wildman–Crippen LogP) is 4.88. The number of halogens is 2. The summed E-state index contributed by atoms with van der Waals surface area (Å²) in [4.78, 5) is 8.31. The lowest BCUT2D eigenvalue weighted by molar-refractivity contribution is 0.0362. The smallest absolute Gasteiger partial charge is 0.319 e. The van der Waals surface area contributed by atoms with Crippen molar-refractivity contribution in [1.29, 1.82) is 0 Å². The second kappa shape index (κ2) is 5.97. The van der Waals surface area contributed by atoms with Crippen molar-refractivity contribution in [1.82, 2.24) is 15.1 Å². The molecule has 4 aromatic rings. The van der Waals surface area contributed by atoms with Gasteiger partial charge in [0.05, 0.1) is 22.8 Å². The van der Waals surface area contributed by atoms with E-state index >= 15 is 8.78 Å². The van der Waals surface area contributed by atoms with Crippen molar-refractivity contribution in [3.05, 3.63) is 60.0 Å². The number of hydrogen-bond donors (Lipinski definition) is 1. The van der Waals surface area contributed by atoms with Crippen LogP contribution < -0.4 is 5.32 Å². The number of fused-ring (bicyclic) bond motifs is 2. The Morgan fingerprint density at radius 1 is 1.11 bits per heavy atom. The third kappa shape index (κ3) is 2.70. The summed E-state index contributed by atoms with van der Waals surface area (Å²) in [6.45, 7) is 0. The number of pyridine rings is 2. The van der Waals surface area contributed by atoms with Gasteiger partial charge in [-0.25, -0.2) is 4.98 Å². The average molecular weight is 366 g/mol. The minimum Gasteiger partial charge on any atom is -0.381 e. The molecule has 5 nitrogen and oxygen atoms in total. The molecule has 1 fully saturated rings. The van der Waals surface area contributed by atoms with Crippen molar-refractivity contribution in [3.8, 4) is 0 Å². The van der Waals surface area contributed by atoms with E-state index in [0.717, 1.165) is 12.8 Å². The number of aromatic nitrogens is 3. The van der Waals surface area contributed by atoms with Gasteiger partial charge in [0.2, 0.25) is 0 Å². The summed E-state index contributed by atoms with van der Waals surface area (Å²) >= 11 is 0. The molecule has 1 N–H and O–H groups in total. The van der Waals surface area contributed by atoms with Gasteiger partial charge in [0, 0.05) is 23.2 Å². The maximum absolute atomic E-state index is 15.3. The van der Waals surface area contributed by atoms with Crippen LogP contribution in [-0.4, -0.2) is 21.2 Å². The molecule has 0 spiro atoms. The second-order valence-corrected chi connectivity index (χ2v) is 6.87. The van der Waals surface area contributed by atoms with Crippen LogP contribution in [0, 0.1) is 0 Å². The number of nitrogens with one attached hydrogen (secondary N) is 1. The van der Waals surface area contributed by atoms with Crippen molar-refractivity contribution < 1.29 is 13.3 Å². The Hall–Kier alpha value is -3.09. The lowest BCUT2D eigenvalue weighted by atomic mass is 9.93. The standard InChI is InChI=1S/C20H16F2N4O/c21-20(22,13-6-7-17-12(9-13)3-2-8-23-17)18-16-10-15(25-14-4-1-5-14)11-24-19(16)27-26-18/h2-3,6-11,14,25H,1,4-5H2. The normalized spacial score (nSPS) is 15.2. The number of hydrogen-bond acceptors (Lipinski definition) is 5. The summed E-state index contributed by atoms with van der Waals surface area (Å²) in [6.07, 6.45) is 6.56. The molecule has 5 rings (SSSR count). The van der Waals surface area contributed by atoms with Crippen LogP contribution in [0.25, 0.3) is 22.0 Å². The summed E-state index contributed by atoms with van der Waals surface area (Å²) in [5.74, 6) is -3.31. The fourth-order valence-corrected chi connectivity index (χ4v) is 3.33. The molecule has 1 saturated carbocycles. The van der Waals surface area contributed by atoms with Gasteiger partial charge in [-0.2, -0.15) is 8.78 Å². The third-order valence-electron chi connectivity index (χ3n) is 5.07. The van der Waals surface area contributed by atoms with Crippen molar-refractivity contribution in [3.63, 3.8) is 0 Å². The fourth-order valence-electron chi connectivity index (χ4n) is 3.33. The van der Waals surface area contributed by atoms with E-state index in [2.05, 4.69) is 20.4 Å². The monoisotopic (exact) mass is 366 g/mol. The minimum atomic E-state index is -3.31. The second-order valence-electron chi connectivity index (χ2n) is 6.87. The average Bonchev–Trinajstić information content (AvgIpc) is 3.08. The van der Waals surface area contributed by atoms with Gasteiger partial charge in [-0.15, -0.1) is 0 Å². The Bertz CT molecular complexity index is 1140. The molecule has 1 aliphatic rings. The molecule has 0 bridgehead atoms. The fraction of sp³-hybridized carbons (Fsp3) is 0.250. The first-order valence-corrected chi connectivity index (χ1v) is 8.87. The van der Waals surface area contributed by atoms with Crippen molar-refractivity contribution in [2.75, 3.05) is 5.32 Å². The molecular formula is C20H16F2N4O. The first-order chi connectivity index (χ1) is 13.1. The van der Waals surface area contributed by atoms with E-state index in [0.29, 0.717) is 22.6 Å². The van der Waals surface area contributed by atoms with Crippen LogP contribution in [-0.2, 0) is 5.92 Å². The highest BCUT2D eigenvalue weighted by molar-refractivity contribution is 5.82. The highest BCUT2D eigenvalue weighted by Gasteiger charge is 2.40. The van der Waals surface area contributed by atoms with E-state index in [9.17, 15) is 0 Å². The van der Waals surface area contributed by atoms with Gasteiger partial charge in [0.1, 0.15) is 0 Å². The van der Waals surface area contributed by atoms with E-state index in [4.69, 9.17) is 4.52 Å². The molecule has 3 heterocycles. The number of benzene rings is 1. The first kappa shape index (κ1) is 16.1. The largest absolute Gasteiger partial charge is 0.381 e. The van der Waals surface area contributed by atoms with Crippen LogP contribution in [0.3, 0.4) is 0 Å². The van der Waals surface area contributed by atoms with Gasteiger partial charge in [0.25, 0.3) is 5.71 Å². The Morgan fingerprint density at radius 3 is 2.81 bits per heavy atom. The number of anilines is 1. The van der Waals surface area contributed by atoms with E-state index in [1.807, 2.05) is 0 Å². The molecule has 0 amide bonds. The zero-order valence-electron chi connectivity index (χ0n) is 14.3. The van der Waals surface area contributed by atoms with Gasteiger partial charge < -0.3 is 9.84 Å². The molecular weight excluding hydrogens is 350 g/mol. The number of nitrogens with zero attached hydrogens (tertiary/aromatic N) is 3.